The Bertz CT molecular complexity index is 730. The minimum atomic E-state index is -0.294. The zero-order valence-electron chi connectivity index (χ0n) is 14.6. The second-order valence-corrected chi connectivity index (χ2v) is 6.39. The second-order valence-electron chi connectivity index (χ2n) is 6.39. The molecule has 2 aromatic rings. The molecule has 1 heterocycles. The van der Waals surface area contributed by atoms with E-state index in [1.165, 1.54) is 0 Å². The molecule has 1 aromatic carbocycles. The molecule has 3 rings (SSSR count). The fourth-order valence-corrected chi connectivity index (χ4v) is 3.14. The van der Waals surface area contributed by atoms with Crippen molar-refractivity contribution in [3.05, 3.63) is 41.7 Å². The van der Waals surface area contributed by atoms with Gasteiger partial charge in [0.1, 0.15) is 11.5 Å². The SMILES string of the molecule is COc1cc(OC)cc(C(=O)N[C@@H](c2cnn(C)c2)C2CC(O)C2)c1. The molecule has 1 atom stereocenters. The van der Waals surface area contributed by atoms with E-state index < -0.39 is 0 Å². The third kappa shape index (κ3) is 3.76. The monoisotopic (exact) mass is 345 g/mol. The van der Waals surface area contributed by atoms with E-state index in [1.54, 1.807) is 43.3 Å². The van der Waals surface area contributed by atoms with Crippen molar-refractivity contribution < 1.29 is 19.4 Å². The number of nitrogens with one attached hydrogen (secondary N) is 1. The molecular formula is C18H23N3O4. The highest BCUT2D eigenvalue weighted by Crippen LogP contribution is 2.38. The summed E-state index contributed by atoms with van der Waals surface area (Å²) in [7, 11) is 4.93. The summed E-state index contributed by atoms with van der Waals surface area (Å²) in [4.78, 5) is 12.8. The molecule has 7 nitrogen and oxygen atoms in total. The first-order chi connectivity index (χ1) is 12.0. The van der Waals surface area contributed by atoms with Gasteiger partial charge in [0.15, 0.2) is 0 Å². The average molecular weight is 345 g/mol. The molecule has 7 heteroatoms. The number of carbonyl (C=O) groups is 1. The van der Waals surface area contributed by atoms with Crippen LogP contribution in [0.5, 0.6) is 11.5 Å². The molecule has 134 valence electrons. The van der Waals surface area contributed by atoms with Crippen molar-refractivity contribution in [1.82, 2.24) is 15.1 Å². The van der Waals surface area contributed by atoms with Gasteiger partial charge in [-0.2, -0.15) is 5.10 Å². The number of nitrogens with zero attached hydrogens (tertiary/aromatic N) is 2. The number of benzene rings is 1. The molecule has 0 saturated heterocycles. The van der Waals surface area contributed by atoms with Crippen LogP contribution in [0, 0.1) is 5.92 Å². The molecule has 2 N–H and O–H groups in total. The lowest BCUT2D eigenvalue weighted by molar-refractivity contribution is 0.0235. The van der Waals surface area contributed by atoms with Crippen molar-refractivity contribution in [3.63, 3.8) is 0 Å². The third-order valence-electron chi connectivity index (χ3n) is 4.61. The maximum absolute atomic E-state index is 12.8. The Morgan fingerprint density at radius 1 is 1.28 bits per heavy atom. The molecule has 0 aliphatic heterocycles. The number of aromatic nitrogens is 2. The van der Waals surface area contributed by atoms with E-state index in [0.717, 1.165) is 5.56 Å². The fourth-order valence-electron chi connectivity index (χ4n) is 3.14. The maximum Gasteiger partial charge on any atom is 0.252 e. The summed E-state index contributed by atoms with van der Waals surface area (Å²) in [5, 5.41) is 16.9. The number of methoxy groups -OCH3 is 2. The standard InChI is InChI=1S/C18H23N3O4/c1-21-10-13(9-19-21)17(11-4-14(22)5-11)20-18(23)12-6-15(24-2)8-16(7-12)25-3/h6-11,14,17,22H,4-5H2,1-3H3,(H,20,23)/t11?,14?,17-/m1/s1. The fraction of sp³-hybridized carbons (Fsp3) is 0.444. The first-order valence-corrected chi connectivity index (χ1v) is 8.20. The molecule has 0 bridgehead atoms. The van der Waals surface area contributed by atoms with Crippen LogP contribution in [0.3, 0.4) is 0 Å². The average Bonchev–Trinajstić information content (AvgIpc) is 3.02. The lowest BCUT2D eigenvalue weighted by atomic mass is 9.75. The summed E-state index contributed by atoms with van der Waals surface area (Å²) in [6.07, 6.45) is 4.68. The normalized spacial score (nSPS) is 20.5. The van der Waals surface area contributed by atoms with Crippen LogP contribution in [-0.4, -0.2) is 41.1 Å². The van der Waals surface area contributed by atoms with Crippen molar-refractivity contribution in [3.8, 4) is 11.5 Å². The Hall–Kier alpha value is -2.54. The Morgan fingerprint density at radius 2 is 1.92 bits per heavy atom. The summed E-state index contributed by atoms with van der Waals surface area (Å²) in [5.41, 5.74) is 1.40. The van der Waals surface area contributed by atoms with Gasteiger partial charge < -0.3 is 19.9 Å². The molecule has 1 aliphatic rings. The van der Waals surface area contributed by atoms with Gasteiger partial charge in [0.2, 0.25) is 0 Å². The quantitative estimate of drug-likeness (QED) is 0.832. The highest BCUT2D eigenvalue weighted by atomic mass is 16.5. The molecule has 25 heavy (non-hydrogen) atoms. The molecule has 0 unspecified atom stereocenters. The molecule has 0 spiro atoms. The number of aryl methyl sites for hydroxylation is 1. The van der Waals surface area contributed by atoms with E-state index in [2.05, 4.69) is 10.4 Å². The van der Waals surface area contributed by atoms with Crippen molar-refractivity contribution in [1.29, 1.82) is 0 Å². The van der Waals surface area contributed by atoms with E-state index in [0.29, 0.717) is 29.9 Å². The van der Waals surface area contributed by atoms with Gasteiger partial charge in [-0.15, -0.1) is 0 Å². The van der Waals surface area contributed by atoms with E-state index in [-0.39, 0.29) is 24.0 Å². The number of ether oxygens (including phenoxy) is 2. The van der Waals surface area contributed by atoms with Gasteiger partial charge in [0.25, 0.3) is 5.91 Å². The molecule has 0 radical (unpaired) electrons. The Balaban J connectivity index is 1.83. The molecular weight excluding hydrogens is 322 g/mol. The summed E-state index contributed by atoms with van der Waals surface area (Å²) < 4.78 is 12.2. The van der Waals surface area contributed by atoms with Crippen LogP contribution in [0.2, 0.25) is 0 Å². The van der Waals surface area contributed by atoms with Gasteiger partial charge in [-0.3, -0.25) is 9.48 Å². The van der Waals surface area contributed by atoms with E-state index in [9.17, 15) is 9.90 Å². The lowest BCUT2D eigenvalue weighted by Gasteiger charge is -2.37. The van der Waals surface area contributed by atoms with Gasteiger partial charge in [0.05, 0.1) is 32.6 Å². The highest BCUT2D eigenvalue weighted by molar-refractivity contribution is 5.95. The van der Waals surface area contributed by atoms with E-state index >= 15 is 0 Å². The van der Waals surface area contributed by atoms with Gasteiger partial charge in [-0.05, 0) is 30.9 Å². The topological polar surface area (TPSA) is 85.6 Å². The number of amides is 1. The Kier molecular flexibility index (Phi) is 4.94. The van der Waals surface area contributed by atoms with Crippen molar-refractivity contribution in [2.24, 2.45) is 13.0 Å². The Morgan fingerprint density at radius 3 is 2.40 bits per heavy atom. The first kappa shape index (κ1) is 17.3. The summed E-state index contributed by atoms with van der Waals surface area (Å²) in [5.74, 6) is 1.09. The summed E-state index contributed by atoms with van der Waals surface area (Å²) in [6, 6.07) is 4.88. The van der Waals surface area contributed by atoms with Gasteiger partial charge in [0, 0.05) is 30.4 Å². The number of aliphatic hydroxyl groups excluding tert-OH is 1. The zero-order chi connectivity index (χ0) is 18.0. The molecule has 1 aromatic heterocycles. The zero-order valence-corrected chi connectivity index (χ0v) is 14.6. The van der Waals surface area contributed by atoms with Gasteiger partial charge >= 0.3 is 0 Å². The molecule has 1 aliphatic carbocycles. The van der Waals surface area contributed by atoms with Crippen molar-refractivity contribution in [2.75, 3.05) is 14.2 Å². The summed E-state index contributed by atoms with van der Waals surface area (Å²) in [6.45, 7) is 0. The minimum absolute atomic E-state index is 0.190. The van der Waals surface area contributed by atoms with Crippen LogP contribution >= 0.6 is 0 Å². The smallest absolute Gasteiger partial charge is 0.252 e. The van der Waals surface area contributed by atoms with Gasteiger partial charge in [-0.1, -0.05) is 0 Å². The van der Waals surface area contributed by atoms with Crippen molar-refractivity contribution in [2.45, 2.75) is 25.0 Å². The highest BCUT2D eigenvalue weighted by Gasteiger charge is 2.36. The number of rotatable bonds is 6. The molecule has 1 fully saturated rings. The van der Waals surface area contributed by atoms with E-state index in [4.69, 9.17) is 9.47 Å². The van der Waals surface area contributed by atoms with E-state index in [1.807, 2.05) is 13.2 Å². The number of aliphatic hydroxyl groups is 1. The van der Waals surface area contributed by atoms with Crippen LogP contribution < -0.4 is 14.8 Å². The summed E-state index contributed by atoms with van der Waals surface area (Å²) >= 11 is 0. The van der Waals surface area contributed by atoms with Crippen LogP contribution in [0.25, 0.3) is 0 Å². The van der Waals surface area contributed by atoms with Crippen LogP contribution in [-0.2, 0) is 7.05 Å². The number of hydrogen-bond acceptors (Lipinski definition) is 5. The van der Waals surface area contributed by atoms with Crippen molar-refractivity contribution >= 4 is 5.91 Å². The number of hydrogen-bond donors (Lipinski definition) is 2. The van der Waals surface area contributed by atoms with Crippen LogP contribution in [0.1, 0.15) is 34.8 Å². The largest absolute Gasteiger partial charge is 0.497 e. The predicted molar refractivity (Wildman–Crippen MR) is 91.7 cm³/mol. The maximum atomic E-state index is 12.8. The molecule has 1 amide bonds. The first-order valence-electron chi connectivity index (χ1n) is 8.20. The van der Waals surface area contributed by atoms with Crippen LogP contribution in [0.4, 0.5) is 0 Å². The minimum Gasteiger partial charge on any atom is -0.497 e. The number of carbonyl (C=O) groups excluding carboxylic acids is 1. The Labute approximate surface area is 146 Å². The lowest BCUT2D eigenvalue weighted by Crippen LogP contribution is -2.41. The predicted octanol–water partition coefficient (Wildman–Crippen LogP) is 1.68. The molecule has 1 saturated carbocycles. The third-order valence-corrected chi connectivity index (χ3v) is 4.61. The van der Waals surface area contributed by atoms with Gasteiger partial charge in [-0.25, -0.2) is 0 Å². The van der Waals surface area contributed by atoms with Crippen LogP contribution in [0.15, 0.2) is 30.6 Å². The second kappa shape index (κ2) is 7.14.